The van der Waals surface area contributed by atoms with Crippen LogP contribution in [0.4, 0.5) is 5.69 Å². The van der Waals surface area contributed by atoms with Gasteiger partial charge in [0, 0.05) is 24.6 Å². The minimum Gasteiger partial charge on any atom is -0.349 e. The lowest BCUT2D eigenvalue weighted by Crippen LogP contribution is -2.32. The molecule has 5 nitrogen and oxygen atoms in total. The Morgan fingerprint density at radius 3 is 2.85 bits per heavy atom. The summed E-state index contributed by atoms with van der Waals surface area (Å²) in [5.74, 6) is 2.18. The lowest BCUT2D eigenvalue weighted by atomic mass is 10.1. The third-order valence-electron chi connectivity index (χ3n) is 2.75. The van der Waals surface area contributed by atoms with E-state index in [1.54, 1.807) is 18.2 Å². The van der Waals surface area contributed by atoms with Crippen molar-refractivity contribution in [1.82, 2.24) is 5.32 Å². The summed E-state index contributed by atoms with van der Waals surface area (Å²) in [5, 5.41) is 13.6. The molecule has 0 fully saturated rings. The van der Waals surface area contributed by atoms with E-state index in [2.05, 4.69) is 11.2 Å². The average molecular weight is 272 g/mol. The zero-order valence-electron chi connectivity index (χ0n) is 11.2. The SMILES string of the molecule is C#CCC(CC)NC(=O)/C=C/c1ccccc1[N+](=O)[O-]. The van der Waals surface area contributed by atoms with Gasteiger partial charge in [-0.25, -0.2) is 0 Å². The molecule has 0 heterocycles. The van der Waals surface area contributed by atoms with Crippen molar-refractivity contribution in [2.45, 2.75) is 25.8 Å². The Morgan fingerprint density at radius 1 is 1.55 bits per heavy atom. The molecular formula is C15H16N2O3. The van der Waals surface area contributed by atoms with E-state index in [4.69, 9.17) is 6.42 Å². The Morgan fingerprint density at radius 2 is 2.25 bits per heavy atom. The minimum absolute atomic E-state index is 0.0350. The van der Waals surface area contributed by atoms with E-state index < -0.39 is 4.92 Å². The van der Waals surface area contributed by atoms with Gasteiger partial charge >= 0.3 is 0 Å². The van der Waals surface area contributed by atoms with E-state index >= 15 is 0 Å². The Labute approximate surface area is 117 Å². The second-order valence-electron chi connectivity index (χ2n) is 4.17. The van der Waals surface area contributed by atoms with Gasteiger partial charge in [0.05, 0.1) is 10.5 Å². The molecule has 0 bridgehead atoms. The molecule has 1 N–H and O–H groups in total. The number of terminal acetylenes is 1. The van der Waals surface area contributed by atoms with Gasteiger partial charge < -0.3 is 5.32 Å². The number of amides is 1. The summed E-state index contributed by atoms with van der Waals surface area (Å²) in [4.78, 5) is 22.0. The van der Waals surface area contributed by atoms with Crippen LogP contribution in [0.2, 0.25) is 0 Å². The molecule has 1 aromatic carbocycles. The monoisotopic (exact) mass is 272 g/mol. The molecule has 0 saturated heterocycles. The Balaban J connectivity index is 2.76. The topological polar surface area (TPSA) is 72.2 Å². The van der Waals surface area contributed by atoms with Crippen molar-refractivity contribution in [2.75, 3.05) is 0 Å². The molecule has 0 radical (unpaired) electrons. The zero-order valence-corrected chi connectivity index (χ0v) is 11.2. The van der Waals surface area contributed by atoms with E-state index in [0.29, 0.717) is 12.0 Å². The number of carbonyl (C=O) groups is 1. The highest BCUT2D eigenvalue weighted by Crippen LogP contribution is 2.18. The normalized spacial score (nSPS) is 11.8. The first-order chi connectivity index (χ1) is 9.58. The third-order valence-corrected chi connectivity index (χ3v) is 2.75. The number of nitro groups is 1. The summed E-state index contributed by atoms with van der Waals surface area (Å²) in [6, 6.07) is 6.15. The van der Waals surface area contributed by atoms with Crippen LogP contribution in [-0.2, 0) is 4.79 Å². The summed E-state index contributed by atoms with van der Waals surface area (Å²) in [6.45, 7) is 1.92. The molecule has 0 saturated carbocycles. The highest BCUT2D eigenvalue weighted by atomic mass is 16.6. The summed E-state index contributed by atoms with van der Waals surface area (Å²) in [6.07, 6.45) is 9.10. The average Bonchev–Trinajstić information content (AvgIpc) is 2.44. The van der Waals surface area contributed by atoms with Crippen LogP contribution in [0, 0.1) is 22.5 Å². The predicted octanol–water partition coefficient (Wildman–Crippen LogP) is 2.53. The molecule has 0 aliphatic carbocycles. The van der Waals surface area contributed by atoms with Gasteiger partial charge in [-0.3, -0.25) is 14.9 Å². The fraction of sp³-hybridized carbons (Fsp3) is 0.267. The molecule has 1 unspecified atom stereocenters. The number of nitro benzene ring substituents is 1. The van der Waals surface area contributed by atoms with E-state index in [-0.39, 0.29) is 17.6 Å². The van der Waals surface area contributed by atoms with Gasteiger partial charge in [0.25, 0.3) is 5.69 Å². The number of nitrogens with zero attached hydrogens (tertiary/aromatic N) is 1. The molecule has 0 aromatic heterocycles. The van der Waals surface area contributed by atoms with Gasteiger partial charge in [-0.1, -0.05) is 19.1 Å². The van der Waals surface area contributed by atoms with Gasteiger partial charge in [-0.2, -0.15) is 0 Å². The number of nitrogens with one attached hydrogen (secondary N) is 1. The van der Waals surface area contributed by atoms with Crippen LogP contribution in [0.3, 0.4) is 0 Å². The molecule has 0 spiro atoms. The predicted molar refractivity (Wildman–Crippen MR) is 77.8 cm³/mol. The van der Waals surface area contributed by atoms with Crippen molar-refractivity contribution in [1.29, 1.82) is 0 Å². The summed E-state index contributed by atoms with van der Waals surface area (Å²) in [7, 11) is 0. The lowest BCUT2D eigenvalue weighted by molar-refractivity contribution is -0.385. The first-order valence-electron chi connectivity index (χ1n) is 6.24. The highest BCUT2D eigenvalue weighted by molar-refractivity contribution is 5.92. The molecule has 0 aliphatic heterocycles. The second-order valence-corrected chi connectivity index (χ2v) is 4.17. The van der Waals surface area contributed by atoms with Gasteiger partial charge in [0.15, 0.2) is 0 Å². The fourth-order valence-corrected chi connectivity index (χ4v) is 1.65. The maximum Gasteiger partial charge on any atom is 0.276 e. The van der Waals surface area contributed by atoms with Gasteiger partial charge in [0.2, 0.25) is 5.91 Å². The van der Waals surface area contributed by atoms with Crippen molar-refractivity contribution in [3.63, 3.8) is 0 Å². The summed E-state index contributed by atoms with van der Waals surface area (Å²) in [5.41, 5.74) is 0.352. The maximum absolute atomic E-state index is 11.7. The Kier molecular flexibility index (Phi) is 5.98. The fourth-order valence-electron chi connectivity index (χ4n) is 1.65. The molecule has 104 valence electrons. The van der Waals surface area contributed by atoms with Crippen LogP contribution < -0.4 is 5.32 Å². The molecule has 20 heavy (non-hydrogen) atoms. The standard InChI is InChI=1S/C15H16N2O3/c1-3-7-13(4-2)16-15(18)11-10-12-8-5-6-9-14(12)17(19)20/h1,5-6,8-11,13H,4,7H2,2H3,(H,16,18)/b11-10+. The Hall–Kier alpha value is -2.61. The van der Waals surface area contributed by atoms with Crippen molar-refractivity contribution in [3.05, 3.63) is 46.0 Å². The number of hydrogen-bond acceptors (Lipinski definition) is 3. The smallest absolute Gasteiger partial charge is 0.276 e. The van der Waals surface area contributed by atoms with Crippen molar-refractivity contribution < 1.29 is 9.72 Å². The second kappa shape index (κ2) is 7.74. The van der Waals surface area contributed by atoms with Crippen LogP contribution in [0.1, 0.15) is 25.3 Å². The largest absolute Gasteiger partial charge is 0.349 e. The summed E-state index contributed by atoms with van der Waals surface area (Å²) >= 11 is 0. The minimum atomic E-state index is -0.481. The van der Waals surface area contributed by atoms with Gasteiger partial charge in [0.1, 0.15) is 0 Å². The molecule has 1 rings (SSSR count). The van der Waals surface area contributed by atoms with E-state index in [0.717, 1.165) is 6.42 Å². The maximum atomic E-state index is 11.7. The Bertz CT molecular complexity index is 558. The van der Waals surface area contributed by atoms with Crippen LogP contribution in [0.5, 0.6) is 0 Å². The number of rotatable bonds is 6. The van der Waals surface area contributed by atoms with E-state index in [1.165, 1.54) is 18.2 Å². The lowest BCUT2D eigenvalue weighted by Gasteiger charge is -2.12. The quantitative estimate of drug-likeness (QED) is 0.374. The van der Waals surface area contributed by atoms with Crippen molar-refractivity contribution in [3.8, 4) is 12.3 Å². The number of benzene rings is 1. The van der Waals surface area contributed by atoms with Crippen LogP contribution in [0.25, 0.3) is 6.08 Å². The molecule has 5 heteroatoms. The molecular weight excluding hydrogens is 256 g/mol. The van der Waals surface area contributed by atoms with E-state index in [9.17, 15) is 14.9 Å². The molecule has 1 amide bonds. The third kappa shape index (κ3) is 4.58. The number of para-hydroxylation sites is 1. The van der Waals surface area contributed by atoms with Gasteiger partial charge in [-0.05, 0) is 18.6 Å². The first kappa shape index (κ1) is 15.4. The molecule has 1 atom stereocenters. The van der Waals surface area contributed by atoms with Crippen molar-refractivity contribution in [2.24, 2.45) is 0 Å². The van der Waals surface area contributed by atoms with Crippen molar-refractivity contribution >= 4 is 17.7 Å². The highest BCUT2D eigenvalue weighted by Gasteiger charge is 2.10. The van der Waals surface area contributed by atoms with Crippen LogP contribution in [0.15, 0.2) is 30.3 Å². The number of hydrogen-bond donors (Lipinski definition) is 1. The zero-order chi connectivity index (χ0) is 15.0. The van der Waals surface area contributed by atoms with Crippen LogP contribution >= 0.6 is 0 Å². The summed E-state index contributed by atoms with van der Waals surface area (Å²) < 4.78 is 0. The van der Waals surface area contributed by atoms with Crippen LogP contribution in [-0.4, -0.2) is 16.9 Å². The first-order valence-corrected chi connectivity index (χ1v) is 6.24. The van der Waals surface area contributed by atoms with Gasteiger partial charge in [-0.15, -0.1) is 12.3 Å². The molecule has 0 aliphatic rings. The van der Waals surface area contributed by atoms with E-state index in [1.807, 2.05) is 6.92 Å². The number of carbonyl (C=O) groups excluding carboxylic acids is 1. The molecule has 1 aromatic rings.